The van der Waals surface area contributed by atoms with Gasteiger partial charge in [-0.15, -0.1) is 0 Å². The summed E-state index contributed by atoms with van der Waals surface area (Å²) >= 11 is 0. The summed E-state index contributed by atoms with van der Waals surface area (Å²) in [6.45, 7) is 34.6. The Kier molecular flexibility index (Phi) is 10.1. The number of rotatable bonds is 2. The lowest BCUT2D eigenvalue weighted by Gasteiger charge is -2.47. The molecule has 6 nitrogen and oxygen atoms in total. The third kappa shape index (κ3) is 7.06. The molecule has 12 aromatic rings. The van der Waals surface area contributed by atoms with Crippen LogP contribution in [0.15, 0.2) is 156 Å². The second-order valence-electron chi connectivity index (χ2n) is 29.1. The first-order valence-electron chi connectivity index (χ1n) is 29.4. The summed E-state index contributed by atoms with van der Waals surface area (Å²) in [6, 6.07) is 60.5. The summed E-state index contributed by atoms with van der Waals surface area (Å²) in [5.41, 5.74) is 25.1. The maximum absolute atomic E-state index is 11.5. The molecule has 0 unspecified atom stereocenters. The van der Waals surface area contributed by atoms with E-state index in [-0.39, 0.29) is 33.8 Å². The molecule has 6 heterocycles. The van der Waals surface area contributed by atoms with Gasteiger partial charge in [0.15, 0.2) is 5.58 Å². The highest BCUT2D eigenvalue weighted by atomic mass is 16.3. The molecular formula is C75H70BN5O. The van der Waals surface area contributed by atoms with Gasteiger partial charge in [0, 0.05) is 55.1 Å². The van der Waals surface area contributed by atoms with Crippen LogP contribution >= 0.6 is 0 Å². The number of anilines is 6. The Morgan fingerprint density at radius 1 is 0.390 bits per heavy atom. The van der Waals surface area contributed by atoms with Gasteiger partial charge in [0.25, 0.3) is 6.71 Å². The molecule has 3 aromatic heterocycles. The standard InChI is InChI=1S/C75H70BN5O/c1-71(2,3)43-23-28-57-51(33-43)52-34-44(72(4,5)6)24-29-58(52)78(57)48-26-27-55-61(40-48)79(60-21-18-20-50-49-19-16-17-22-66(49)82-70(50)60)62-31-42(41-77)32-63-67(62)76(55)56-37-47(75(13,14)15)39-65-69(56)81(63)64-38-46(74(10,11)12)36-54-53-35-45(73(7,8)9)25-30-59(53)80(65)68(54)64/h16-40H,1-15H3. The first-order chi connectivity index (χ1) is 38.8. The van der Waals surface area contributed by atoms with E-state index in [0.29, 0.717) is 5.56 Å². The molecule has 0 N–H and O–H groups in total. The van der Waals surface area contributed by atoms with Crippen LogP contribution < -0.4 is 26.2 Å². The normalized spacial score (nSPS) is 14.2. The van der Waals surface area contributed by atoms with E-state index >= 15 is 0 Å². The van der Waals surface area contributed by atoms with E-state index in [4.69, 9.17) is 4.42 Å². The molecule has 3 aliphatic heterocycles. The van der Waals surface area contributed by atoms with E-state index in [1.807, 2.05) is 0 Å². The lowest BCUT2D eigenvalue weighted by Crippen LogP contribution is -2.62. The molecule has 0 aliphatic carbocycles. The SMILES string of the molecule is CC(C)(C)c1cc2c3c(c1)-n1c4ccc(C(C)(C)C)cc4c4cc(C(C)(C)C)cc(c41)N3c1cc(C#N)cc3c1B2c1ccc(-n2c4ccc(C(C)(C)C)cc4c4cc(C(C)(C)C)ccc42)cc1N3c1cccc2c1oc1ccccc12. The van der Waals surface area contributed by atoms with Crippen molar-refractivity contribution < 1.29 is 4.42 Å². The summed E-state index contributed by atoms with van der Waals surface area (Å²) < 4.78 is 12.1. The molecular weight excluding hydrogens is 998 g/mol. The van der Waals surface area contributed by atoms with Crippen molar-refractivity contribution in [1.82, 2.24) is 9.13 Å². The number of nitriles is 1. The summed E-state index contributed by atoms with van der Waals surface area (Å²) in [4.78, 5) is 5.00. The van der Waals surface area contributed by atoms with Gasteiger partial charge in [-0.2, -0.15) is 5.26 Å². The predicted octanol–water partition coefficient (Wildman–Crippen LogP) is 18.5. The minimum absolute atomic E-state index is 0.0327. The van der Waals surface area contributed by atoms with Crippen molar-refractivity contribution >= 4 is 123 Å². The average molecular weight is 1070 g/mol. The van der Waals surface area contributed by atoms with Crippen molar-refractivity contribution in [3.05, 3.63) is 185 Å². The molecule has 3 aliphatic rings. The van der Waals surface area contributed by atoms with E-state index in [1.54, 1.807) is 0 Å². The molecule has 0 fully saturated rings. The van der Waals surface area contributed by atoms with Crippen molar-refractivity contribution in [2.75, 3.05) is 9.80 Å². The Hall–Kier alpha value is -8.47. The van der Waals surface area contributed by atoms with Gasteiger partial charge in [0.1, 0.15) is 5.58 Å². The van der Waals surface area contributed by atoms with Crippen molar-refractivity contribution in [1.29, 1.82) is 5.26 Å². The number of para-hydroxylation sites is 2. The summed E-state index contributed by atoms with van der Waals surface area (Å²) in [6.07, 6.45) is 0. The molecule has 15 rings (SSSR count). The van der Waals surface area contributed by atoms with Crippen LogP contribution in [0.25, 0.3) is 76.9 Å². The van der Waals surface area contributed by atoms with Crippen LogP contribution in [0.4, 0.5) is 34.1 Å². The van der Waals surface area contributed by atoms with Gasteiger partial charge in [-0.05, 0) is 162 Å². The monoisotopic (exact) mass is 1070 g/mol. The lowest BCUT2D eigenvalue weighted by molar-refractivity contribution is 0.590. The molecule has 0 saturated carbocycles. The third-order valence-electron chi connectivity index (χ3n) is 18.6. The fraction of sp³-hybridized carbons (Fsp3) is 0.267. The number of hydrogen-bond acceptors (Lipinski definition) is 4. The Morgan fingerprint density at radius 3 is 1.51 bits per heavy atom. The van der Waals surface area contributed by atoms with Gasteiger partial charge in [-0.25, -0.2) is 0 Å². The van der Waals surface area contributed by atoms with Crippen molar-refractivity contribution in [3.63, 3.8) is 0 Å². The van der Waals surface area contributed by atoms with Gasteiger partial charge in [-0.1, -0.05) is 165 Å². The molecule has 0 spiro atoms. The third-order valence-corrected chi connectivity index (χ3v) is 18.6. The van der Waals surface area contributed by atoms with Gasteiger partial charge in [-0.3, -0.25) is 0 Å². The number of hydrogen-bond donors (Lipinski definition) is 0. The molecule has 9 aromatic carbocycles. The largest absolute Gasteiger partial charge is 0.454 e. The molecule has 0 bridgehead atoms. The summed E-state index contributed by atoms with van der Waals surface area (Å²) in [5.74, 6) is 0. The average Bonchev–Trinajstić information content (AvgIpc) is 1.61. The van der Waals surface area contributed by atoms with Gasteiger partial charge < -0.3 is 23.4 Å². The zero-order valence-electron chi connectivity index (χ0n) is 50.2. The highest BCUT2D eigenvalue weighted by molar-refractivity contribution is 7.00. The number of fused-ring (bicyclic) bond motifs is 15. The minimum atomic E-state index is -0.209. The Bertz CT molecular complexity index is 4790. The van der Waals surface area contributed by atoms with Crippen LogP contribution in [0.1, 0.15) is 137 Å². The maximum atomic E-state index is 11.5. The van der Waals surface area contributed by atoms with E-state index in [0.717, 1.165) is 56.1 Å². The van der Waals surface area contributed by atoms with Gasteiger partial charge >= 0.3 is 0 Å². The first kappa shape index (κ1) is 50.5. The van der Waals surface area contributed by atoms with E-state index < -0.39 is 0 Å². The number of aromatic nitrogens is 2. The number of benzene rings is 9. The van der Waals surface area contributed by atoms with Crippen LogP contribution in [0.3, 0.4) is 0 Å². The second-order valence-corrected chi connectivity index (χ2v) is 29.1. The lowest BCUT2D eigenvalue weighted by atomic mass is 9.33. The Balaban J connectivity index is 1.09. The fourth-order valence-electron chi connectivity index (χ4n) is 14.0. The van der Waals surface area contributed by atoms with E-state index in [9.17, 15) is 5.26 Å². The molecule has 0 saturated heterocycles. The molecule has 0 atom stereocenters. The van der Waals surface area contributed by atoms with Gasteiger partial charge in [0.05, 0.1) is 56.4 Å². The van der Waals surface area contributed by atoms with Crippen LogP contribution in [-0.2, 0) is 27.1 Å². The quantitative estimate of drug-likeness (QED) is 0.162. The fourth-order valence-corrected chi connectivity index (χ4v) is 14.0. The second kappa shape index (κ2) is 16.4. The zero-order chi connectivity index (χ0) is 57.2. The molecule has 82 heavy (non-hydrogen) atoms. The van der Waals surface area contributed by atoms with E-state index in [1.165, 1.54) is 99.2 Å². The minimum Gasteiger partial charge on any atom is -0.454 e. The van der Waals surface area contributed by atoms with Crippen molar-refractivity contribution in [2.24, 2.45) is 0 Å². The van der Waals surface area contributed by atoms with Gasteiger partial charge in [0.2, 0.25) is 0 Å². The van der Waals surface area contributed by atoms with Crippen molar-refractivity contribution in [3.8, 4) is 17.4 Å². The highest BCUT2D eigenvalue weighted by Crippen LogP contribution is 2.55. The number of furan rings is 1. The Morgan fingerprint density at radius 2 is 0.915 bits per heavy atom. The smallest absolute Gasteiger partial charge is 0.252 e. The van der Waals surface area contributed by atoms with Crippen molar-refractivity contribution in [2.45, 2.75) is 131 Å². The number of nitrogens with zero attached hydrogens (tertiary/aromatic N) is 5. The topological polar surface area (TPSA) is 53.3 Å². The molecule has 404 valence electrons. The summed E-state index contributed by atoms with van der Waals surface area (Å²) in [5, 5.41) is 18.6. The van der Waals surface area contributed by atoms with Crippen LogP contribution in [0, 0.1) is 11.3 Å². The summed E-state index contributed by atoms with van der Waals surface area (Å²) in [7, 11) is 0. The van der Waals surface area contributed by atoms with Crippen LogP contribution in [-0.4, -0.2) is 15.8 Å². The molecule has 0 radical (unpaired) electrons. The van der Waals surface area contributed by atoms with Crippen LogP contribution in [0.5, 0.6) is 0 Å². The maximum Gasteiger partial charge on any atom is 0.252 e. The molecule has 0 amide bonds. The predicted molar refractivity (Wildman–Crippen MR) is 348 cm³/mol. The first-order valence-corrected chi connectivity index (χ1v) is 29.4. The Labute approximate surface area is 482 Å². The highest BCUT2D eigenvalue weighted by Gasteiger charge is 2.48. The van der Waals surface area contributed by atoms with Crippen LogP contribution in [0.2, 0.25) is 0 Å². The zero-order valence-corrected chi connectivity index (χ0v) is 50.2. The molecule has 7 heteroatoms. The van der Waals surface area contributed by atoms with E-state index in [2.05, 4.69) is 281 Å².